The van der Waals surface area contributed by atoms with Gasteiger partial charge in [-0.05, 0) is 75.5 Å². The maximum Gasteiger partial charge on any atom is 0.237 e. The van der Waals surface area contributed by atoms with Gasteiger partial charge in [-0.1, -0.05) is 19.1 Å². The van der Waals surface area contributed by atoms with Crippen molar-refractivity contribution in [2.24, 2.45) is 5.41 Å². The van der Waals surface area contributed by atoms with Crippen molar-refractivity contribution in [3.8, 4) is 5.75 Å². The van der Waals surface area contributed by atoms with Crippen molar-refractivity contribution in [2.45, 2.75) is 45.2 Å². The highest BCUT2D eigenvalue weighted by atomic mass is 16.3. The number of likely N-dealkylation sites (tertiary alicyclic amines) is 2. The van der Waals surface area contributed by atoms with Crippen LogP contribution in [0.1, 0.15) is 38.2 Å². The smallest absolute Gasteiger partial charge is 0.237 e. The van der Waals surface area contributed by atoms with Crippen molar-refractivity contribution in [2.75, 3.05) is 33.2 Å². The first-order valence-corrected chi connectivity index (χ1v) is 9.49. The van der Waals surface area contributed by atoms with Gasteiger partial charge in [0.15, 0.2) is 0 Å². The van der Waals surface area contributed by atoms with Crippen molar-refractivity contribution in [3.05, 3.63) is 29.8 Å². The Hall–Kier alpha value is -1.59. The molecule has 0 saturated carbocycles. The van der Waals surface area contributed by atoms with Crippen LogP contribution in [0.5, 0.6) is 5.75 Å². The zero-order valence-corrected chi connectivity index (χ0v) is 15.5. The first-order valence-electron chi connectivity index (χ1n) is 9.49. The Morgan fingerprint density at radius 1 is 1.28 bits per heavy atom. The lowest BCUT2D eigenvalue weighted by Gasteiger charge is -2.37. The molecule has 5 heteroatoms. The number of phenolic OH excluding ortho intramolecular Hbond substituents is 1. The zero-order valence-electron chi connectivity index (χ0n) is 15.5. The molecule has 1 spiro atoms. The maximum atomic E-state index is 12.8. The molecule has 0 radical (unpaired) electrons. The van der Waals surface area contributed by atoms with Gasteiger partial charge in [0.05, 0.1) is 6.04 Å². The van der Waals surface area contributed by atoms with Crippen molar-refractivity contribution >= 4 is 5.91 Å². The summed E-state index contributed by atoms with van der Waals surface area (Å²) in [6.45, 7) is 7.04. The van der Waals surface area contributed by atoms with Crippen molar-refractivity contribution < 1.29 is 9.90 Å². The van der Waals surface area contributed by atoms with Gasteiger partial charge in [-0.15, -0.1) is 0 Å². The molecule has 1 amide bonds. The Bertz CT molecular complexity index is 579. The molecule has 1 aromatic rings. The van der Waals surface area contributed by atoms with Gasteiger partial charge < -0.3 is 15.3 Å². The lowest BCUT2D eigenvalue weighted by molar-refractivity contribution is -0.125. The number of hydrogen-bond acceptors (Lipinski definition) is 4. The van der Waals surface area contributed by atoms with E-state index in [-0.39, 0.29) is 17.7 Å². The minimum atomic E-state index is 0.000436. The lowest BCUT2D eigenvalue weighted by atomic mass is 9.76. The molecule has 5 nitrogen and oxygen atoms in total. The number of benzene rings is 1. The van der Waals surface area contributed by atoms with Gasteiger partial charge in [0, 0.05) is 13.1 Å². The lowest BCUT2D eigenvalue weighted by Crippen LogP contribution is -2.43. The van der Waals surface area contributed by atoms with Crippen LogP contribution in [0.15, 0.2) is 24.3 Å². The zero-order chi connectivity index (χ0) is 17.9. The SMILES string of the molecule is CCCN1CC2(CCN(C)CC2)CC1C(=O)NCc1ccc(O)cc1. The number of nitrogens with one attached hydrogen (secondary N) is 1. The summed E-state index contributed by atoms with van der Waals surface area (Å²) in [6.07, 6.45) is 4.47. The second-order valence-electron chi connectivity index (χ2n) is 7.88. The van der Waals surface area contributed by atoms with Gasteiger partial charge in [0.25, 0.3) is 0 Å². The Balaban J connectivity index is 1.62. The Labute approximate surface area is 151 Å². The van der Waals surface area contributed by atoms with Crippen molar-refractivity contribution in [1.82, 2.24) is 15.1 Å². The molecule has 0 aromatic heterocycles. The number of aromatic hydroxyl groups is 1. The van der Waals surface area contributed by atoms with Gasteiger partial charge in [-0.3, -0.25) is 9.69 Å². The number of phenols is 1. The number of amides is 1. The van der Waals surface area contributed by atoms with E-state index in [4.69, 9.17) is 0 Å². The Morgan fingerprint density at radius 3 is 2.60 bits per heavy atom. The van der Waals surface area contributed by atoms with Crippen LogP contribution in [0.25, 0.3) is 0 Å². The number of carbonyl (C=O) groups is 1. The minimum Gasteiger partial charge on any atom is -0.508 e. The van der Waals surface area contributed by atoms with Crippen LogP contribution in [0.4, 0.5) is 0 Å². The van der Waals surface area contributed by atoms with Crippen molar-refractivity contribution in [3.63, 3.8) is 0 Å². The second kappa shape index (κ2) is 7.75. The molecule has 0 bridgehead atoms. The van der Waals surface area contributed by atoms with Crippen LogP contribution >= 0.6 is 0 Å². The van der Waals surface area contributed by atoms with E-state index in [1.807, 2.05) is 12.1 Å². The number of carbonyl (C=O) groups excluding carboxylic acids is 1. The monoisotopic (exact) mass is 345 g/mol. The highest BCUT2D eigenvalue weighted by Gasteiger charge is 2.47. The van der Waals surface area contributed by atoms with Gasteiger partial charge in [-0.2, -0.15) is 0 Å². The summed E-state index contributed by atoms with van der Waals surface area (Å²) in [6, 6.07) is 7.03. The highest BCUT2D eigenvalue weighted by molar-refractivity contribution is 5.82. The third kappa shape index (κ3) is 4.33. The standard InChI is InChI=1S/C20H31N3O2/c1-3-10-23-15-20(8-11-22(2)12-9-20)13-18(23)19(25)21-14-16-4-6-17(24)7-5-16/h4-7,18,24H,3,8-15H2,1-2H3,(H,21,25). The molecule has 1 atom stereocenters. The summed E-state index contributed by atoms with van der Waals surface area (Å²) in [5.41, 5.74) is 1.34. The summed E-state index contributed by atoms with van der Waals surface area (Å²) in [5, 5.41) is 12.5. The fourth-order valence-electron chi connectivity index (χ4n) is 4.30. The third-order valence-corrected chi connectivity index (χ3v) is 5.87. The molecule has 2 aliphatic heterocycles. The van der Waals surface area contributed by atoms with Crippen LogP contribution in [-0.2, 0) is 11.3 Å². The largest absolute Gasteiger partial charge is 0.508 e. The van der Waals surface area contributed by atoms with E-state index in [1.165, 1.54) is 12.8 Å². The normalized spacial score (nSPS) is 23.8. The molecule has 1 aromatic carbocycles. The predicted molar refractivity (Wildman–Crippen MR) is 99.4 cm³/mol. The van der Waals surface area contributed by atoms with Crippen LogP contribution in [0.2, 0.25) is 0 Å². The summed E-state index contributed by atoms with van der Waals surface area (Å²) in [7, 11) is 2.19. The van der Waals surface area contributed by atoms with Crippen LogP contribution in [0, 0.1) is 5.41 Å². The summed E-state index contributed by atoms with van der Waals surface area (Å²) in [5.74, 6) is 0.404. The quantitative estimate of drug-likeness (QED) is 0.859. The van der Waals surface area contributed by atoms with Gasteiger partial charge in [0.1, 0.15) is 5.75 Å². The van der Waals surface area contributed by atoms with E-state index in [2.05, 4.69) is 29.1 Å². The average Bonchev–Trinajstić information content (AvgIpc) is 2.96. The summed E-state index contributed by atoms with van der Waals surface area (Å²) < 4.78 is 0. The van der Waals surface area contributed by atoms with E-state index in [1.54, 1.807) is 12.1 Å². The Morgan fingerprint density at radius 2 is 1.96 bits per heavy atom. The molecule has 0 aliphatic carbocycles. The summed E-state index contributed by atoms with van der Waals surface area (Å²) >= 11 is 0. The Kier molecular flexibility index (Phi) is 5.64. The minimum absolute atomic E-state index is 0.000436. The molecule has 2 heterocycles. The van der Waals surface area contributed by atoms with E-state index >= 15 is 0 Å². The first kappa shape index (κ1) is 18.2. The summed E-state index contributed by atoms with van der Waals surface area (Å²) in [4.78, 5) is 17.6. The van der Waals surface area contributed by atoms with E-state index in [9.17, 15) is 9.90 Å². The molecule has 3 rings (SSSR count). The molecule has 138 valence electrons. The fourth-order valence-corrected chi connectivity index (χ4v) is 4.30. The number of hydrogen-bond donors (Lipinski definition) is 2. The third-order valence-electron chi connectivity index (χ3n) is 5.87. The molecule has 1 unspecified atom stereocenters. The molecular formula is C20H31N3O2. The van der Waals surface area contributed by atoms with E-state index in [0.717, 1.165) is 44.6 Å². The van der Waals surface area contributed by atoms with E-state index in [0.29, 0.717) is 12.0 Å². The van der Waals surface area contributed by atoms with Crippen LogP contribution in [-0.4, -0.2) is 60.1 Å². The molecule has 2 N–H and O–H groups in total. The number of piperidine rings is 1. The van der Waals surface area contributed by atoms with Gasteiger partial charge in [-0.25, -0.2) is 0 Å². The van der Waals surface area contributed by atoms with Crippen LogP contribution < -0.4 is 5.32 Å². The van der Waals surface area contributed by atoms with Crippen LogP contribution in [0.3, 0.4) is 0 Å². The molecule has 2 fully saturated rings. The molecule has 2 saturated heterocycles. The maximum absolute atomic E-state index is 12.8. The number of nitrogens with zero attached hydrogens (tertiary/aromatic N) is 2. The van der Waals surface area contributed by atoms with Gasteiger partial charge >= 0.3 is 0 Å². The van der Waals surface area contributed by atoms with Crippen molar-refractivity contribution in [1.29, 1.82) is 0 Å². The number of rotatable bonds is 5. The first-order chi connectivity index (χ1) is 12.0. The van der Waals surface area contributed by atoms with Gasteiger partial charge in [0.2, 0.25) is 5.91 Å². The molecule has 25 heavy (non-hydrogen) atoms. The highest BCUT2D eigenvalue weighted by Crippen LogP contribution is 2.43. The molecule has 2 aliphatic rings. The topological polar surface area (TPSA) is 55.8 Å². The van der Waals surface area contributed by atoms with E-state index < -0.39 is 0 Å². The molecular weight excluding hydrogens is 314 g/mol. The predicted octanol–water partition coefficient (Wildman–Crippen LogP) is 2.20. The fraction of sp³-hybridized carbons (Fsp3) is 0.650. The average molecular weight is 345 g/mol. The second-order valence-corrected chi connectivity index (χ2v) is 7.88.